The van der Waals surface area contributed by atoms with Crippen LogP contribution in [-0.4, -0.2) is 23.3 Å². The summed E-state index contributed by atoms with van der Waals surface area (Å²) in [6.07, 6.45) is 3.00. The van der Waals surface area contributed by atoms with Crippen molar-refractivity contribution in [1.29, 1.82) is 0 Å². The first-order chi connectivity index (χ1) is 8.79. The van der Waals surface area contributed by atoms with E-state index in [-0.39, 0.29) is 0 Å². The highest BCUT2D eigenvalue weighted by Crippen LogP contribution is 2.08. The van der Waals surface area contributed by atoms with Crippen molar-refractivity contribution in [2.24, 2.45) is 0 Å². The minimum atomic E-state index is -0.404. The average Bonchev–Trinajstić information content (AvgIpc) is 2.88. The van der Waals surface area contributed by atoms with Gasteiger partial charge in [-0.2, -0.15) is 10.2 Å². The van der Waals surface area contributed by atoms with E-state index in [1.54, 1.807) is 12.3 Å². The van der Waals surface area contributed by atoms with Crippen molar-refractivity contribution in [3.05, 3.63) is 47.7 Å². The Hall–Kier alpha value is -2.21. The monoisotopic (exact) mass is 247 g/mol. The number of hydrogen-bond donors (Lipinski definition) is 1. The van der Waals surface area contributed by atoms with Gasteiger partial charge in [-0.3, -0.25) is 0 Å². The van der Waals surface area contributed by atoms with Gasteiger partial charge in [-0.25, -0.2) is 4.79 Å². The van der Waals surface area contributed by atoms with Crippen LogP contribution < -0.4 is 5.32 Å². The molecular weight excluding hydrogens is 234 g/mol. The second kappa shape index (κ2) is 5.92. The van der Waals surface area contributed by atoms with Crippen LogP contribution in [0, 0.1) is 0 Å². The van der Waals surface area contributed by atoms with Crippen LogP contribution >= 0.6 is 0 Å². The maximum atomic E-state index is 11.2. The summed E-state index contributed by atoms with van der Waals surface area (Å²) >= 11 is 0. The number of aromatic nitrogens is 2. The summed E-state index contributed by atoms with van der Waals surface area (Å²) in [5.74, 6) is 0.262. The van der Waals surface area contributed by atoms with Gasteiger partial charge in [0, 0.05) is 12.7 Å². The fourth-order valence-corrected chi connectivity index (χ4v) is 1.44. The fourth-order valence-electron chi connectivity index (χ4n) is 1.44. The van der Waals surface area contributed by atoms with Crippen molar-refractivity contribution < 1.29 is 13.9 Å². The van der Waals surface area contributed by atoms with Gasteiger partial charge in [-0.1, -0.05) is 0 Å². The Morgan fingerprint density at radius 1 is 1.50 bits per heavy atom. The lowest BCUT2D eigenvalue weighted by Crippen LogP contribution is -2.13. The maximum Gasteiger partial charge on any atom is 0.341 e. The lowest BCUT2D eigenvalue weighted by molar-refractivity contribution is 0.0600. The van der Waals surface area contributed by atoms with E-state index in [1.807, 2.05) is 12.1 Å². The number of carbonyl (C=O) groups excluding carboxylic acids is 1. The molecule has 0 amide bonds. The minimum Gasteiger partial charge on any atom is -0.467 e. The zero-order valence-electron chi connectivity index (χ0n) is 9.92. The van der Waals surface area contributed by atoms with Crippen molar-refractivity contribution in [2.45, 2.75) is 13.1 Å². The van der Waals surface area contributed by atoms with E-state index in [1.165, 1.54) is 13.4 Å². The van der Waals surface area contributed by atoms with E-state index in [4.69, 9.17) is 4.42 Å². The van der Waals surface area contributed by atoms with E-state index in [9.17, 15) is 4.79 Å². The summed E-state index contributed by atoms with van der Waals surface area (Å²) in [6.45, 7) is 1.09. The van der Waals surface area contributed by atoms with Crippen molar-refractivity contribution in [2.75, 3.05) is 7.11 Å². The van der Waals surface area contributed by atoms with Crippen molar-refractivity contribution in [1.82, 2.24) is 15.5 Å². The van der Waals surface area contributed by atoms with Crippen molar-refractivity contribution >= 4 is 5.97 Å². The Balaban J connectivity index is 1.84. The quantitative estimate of drug-likeness (QED) is 0.798. The van der Waals surface area contributed by atoms with E-state index in [0.717, 1.165) is 5.69 Å². The molecule has 0 radical (unpaired) electrons. The zero-order valence-corrected chi connectivity index (χ0v) is 9.92. The van der Waals surface area contributed by atoms with Crippen LogP contribution in [0.25, 0.3) is 0 Å². The van der Waals surface area contributed by atoms with Gasteiger partial charge in [-0.15, -0.1) is 0 Å². The summed E-state index contributed by atoms with van der Waals surface area (Å²) in [4.78, 5) is 11.2. The second-order valence-electron chi connectivity index (χ2n) is 3.61. The Morgan fingerprint density at radius 3 is 3.11 bits per heavy atom. The number of nitrogens with one attached hydrogen (secondary N) is 1. The molecule has 94 valence electrons. The standard InChI is InChI=1S/C12H13N3O3/c1-17-12(16)9-5-11(18-8-9)7-13-6-10-3-2-4-14-15-10/h2-5,8,13H,6-7H2,1H3. The number of rotatable bonds is 5. The van der Waals surface area contributed by atoms with Crippen LogP contribution in [0.15, 0.2) is 35.1 Å². The lowest BCUT2D eigenvalue weighted by atomic mass is 10.3. The number of hydrogen-bond acceptors (Lipinski definition) is 6. The Morgan fingerprint density at radius 2 is 2.39 bits per heavy atom. The molecule has 0 spiro atoms. The van der Waals surface area contributed by atoms with Crippen LogP contribution in [0.2, 0.25) is 0 Å². The first-order valence-corrected chi connectivity index (χ1v) is 5.42. The average molecular weight is 247 g/mol. The molecule has 0 fully saturated rings. The number of esters is 1. The fraction of sp³-hybridized carbons (Fsp3) is 0.250. The predicted octanol–water partition coefficient (Wildman–Crippen LogP) is 1.15. The minimum absolute atomic E-state index is 0.404. The maximum absolute atomic E-state index is 11.2. The number of methoxy groups -OCH3 is 1. The largest absolute Gasteiger partial charge is 0.467 e. The van der Waals surface area contributed by atoms with Gasteiger partial charge >= 0.3 is 5.97 Å². The number of ether oxygens (including phenoxy) is 1. The van der Waals surface area contributed by atoms with Gasteiger partial charge in [0.1, 0.15) is 12.0 Å². The molecular formula is C12H13N3O3. The predicted molar refractivity (Wildman–Crippen MR) is 62.6 cm³/mol. The Kier molecular flexibility index (Phi) is 4.03. The first kappa shape index (κ1) is 12.3. The second-order valence-corrected chi connectivity index (χ2v) is 3.61. The molecule has 0 aliphatic heterocycles. The van der Waals surface area contributed by atoms with Crippen molar-refractivity contribution in [3.8, 4) is 0 Å². The normalized spacial score (nSPS) is 10.3. The van der Waals surface area contributed by atoms with Crippen LogP contribution in [0.1, 0.15) is 21.8 Å². The zero-order chi connectivity index (χ0) is 12.8. The summed E-state index contributed by atoms with van der Waals surface area (Å²) in [6, 6.07) is 5.35. The summed E-state index contributed by atoms with van der Waals surface area (Å²) in [5.41, 5.74) is 1.26. The van der Waals surface area contributed by atoms with Gasteiger partial charge < -0.3 is 14.5 Å². The number of nitrogens with zero attached hydrogens (tertiary/aromatic N) is 2. The third-order valence-corrected chi connectivity index (χ3v) is 2.31. The molecule has 0 saturated heterocycles. The number of carbonyl (C=O) groups is 1. The molecule has 2 aromatic rings. The van der Waals surface area contributed by atoms with Crippen molar-refractivity contribution in [3.63, 3.8) is 0 Å². The summed E-state index contributed by atoms with van der Waals surface area (Å²) < 4.78 is 9.81. The van der Waals surface area contributed by atoms with E-state index in [2.05, 4.69) is 20.3 Å². The van der Waals surface area contributed by atoms with Gasteiger partial charge in [0.2, 0.25) is 0 Å². The Labute approximate surface area is 104 Å². The van der Waals surface area contributed by atoms with Crippen LogP contribution in [0.3, 0.4) is 0 Å². The van der Waals surface area contributed by atoms with Crippen LogP contribution in [-0.2, 0) is 17.8 Å². The molecule has 0 atom stereocenters. The highest BCUT2D eigenvalue weighted by Gasteiger charge is 2.09. The van der Waals surface area contributed by atoms with Crippen LogP contribution in [0.5, 0.6) is 0 Å². The summed E-state index contributed by atoms with van der Waals surface area (Å²) in [5, 5.41) is 10.9. The molecule has 18 heavy (non-hydrogen) atoms. The smallest absolute Gasteiger partial charge is 0.341 e. The summed E-state index contributed by atoms with van der Waals surface area (Å²) in [7, 11) is 1.33. The third kappa shape index (κ3) is 3.14. The molecule has 2 heterocycles. The van der Waals surface area contributed by atoms with Crippen LogP contribution in [0.4, 0.5) is 0 Å². The number of furan rings is 1. The molecule has 6 heteroatoms. The van der Waals surface area contributed by atoms with Gasteiger partial charge in [0.25, 0.3) is 0 Å². The third-order valence-electron chi connectivity index (χ3n) is 2.31. The molecule has 0 bridgehead atoms. The molecule has 6 nitrogen and oxygen atoms in total. The van der Waals surface area contributed by atoms with E-state index in [0.29, 0.717) is 24.4 Å². The lowest BCUT2D eigenvalue weighted by Gasteiger charge is -2.00. The Bertz CT molecular complexity index is 510. The molecule has 2 rings (SSSR count). The highest BCUT2D eigenvalue weighted by molar-refractivity contribution is 5.88. The van der Waals surface area contributed by atoms with Gasteiger partial charge in [-0.05, 0) is 18.2 Å². The molecule has 2 aromatic heterocycles. The van der Waals surface area contributed by atoms with Gasteiger partial charge in [0.15, 0.2) is 0 Å². The molecule has 0 saturated carbocycles. The first-order valence-electron chi connectivity index (χ1n) is 5.42. The topological polar surface area (TPSA) is 77.2 Å². The molecule has 1 N–H and O–H groups in total. The van der Waals surface area contributed by atoms with E-state index >= 15 is 0 Å². The van der Waals surface area contributed by atoms with E-state index < -0.39 is 5.97 Å². The molecule has 0 aromatic carbocycles. The highest BCUT2D eigenvalue weighted by atomic mass is 16.5. The van der Waals surface area contributed by atoms with Gasteiger partial charge in [0.05, 0.1) is 24.9 Å². The molecule has 0 unspecified atom stereocenters. The molecule has 0 aliphatic rings. The molecule has 0 aliphatic carbocycles. The SMILES string of the molecule is COC(=O)c1coc(CNCc2cccnn2)c1.